The fourth-order valence-electron chi connectivity index (χ4n) is 5.19. The van der Waals surface area contributed by atoms with Crippen molar-refractivity contribution in [2.45, 2.75) is 0 Å². The second kappa shape index (κ2) is 16.7. The minimum atomic E-state index is -0.733. The highest BCUT2D eigenvalue weighted by Crippen LogP contribution is 2.44. The SMILES string of the molecule is O=C1C(Cl)=C(Nc2cc(Br)c(Oc3ccccc3)cc2Oc2ccccc2)C(=O)C(Cl)=C1Nc1cc(Br)c(Oc2ccccc2)cc1Oc1ccccc1. The Morgan fingerprint density at radius 1 is 0.407 bits per heavy atom. The second-order valence-electron chi connectivity index (χ2n) is 11.5. The molecule has 0 amide bonds. The van der Waals surface area contributed by atoms with E-state index in [0.717, 1.165) is 0 Å². The first-order chi connectivity index (χ1) is 26.2. The molecule has 0 aliphatic heterocycles. The van der Waals surface area contributed by atoms with Crippen LogP contribution in [0.25, 0.3) is 0 Å². The summed E-state index contributed by atoms with van der Waals surface area (Å²) in [5, 5.41) is 5.21. The smallest absolute Gasteiger partial charge is 0.224 e. The Morgan fingerprint density at radius 3 is 0.981 bits per heavy atom. The number of ether oxygens (including phenoxy) is 4. The Morgan fingerprint density at radius 2 is 0.685 bits per heavy atom. The number of Topliss-reactive ketones (excluding diaryl/α,β-unsaturated/α-hetero) is 2. The van der Waals surface area contributed by atoms with Crippen molar-refractivity contribution in [3.63, 3.8) is 0 Å². The molecular formula is C42H26Br2Cl2N2O6. The predicted octanol–water partition coefficient (Wildman–Crippen LogP) is 13.0. The third kappa shape index (κ3) is 8.48. The van der Waals surface area contributed by atoms with E-state index in [-0.39, 0.29) is 22.9 Å². The van der Waals surface area contributed by atoms with Crippen LogP contribution in [-0.4, -0.2) is 11.6 Å². The van der Waals surface area contributed by atoms with Gasteiger partial charge in [-0.2, -0.15) is 0 Å². The lowest BCUT2D eigenvalue weighted by atomic mass is 10.0. The van der Waals surface area contributed by atoms with Gasteiger partial charge in [0.05, 0.1) is 20.3 Å². The van der Waals surface area contributed by atoms with E-state index in [9.17, 15) is 9.59 Å². The summed E-state index contributed by atoms with van der Waals surface area (Å²) in [5.74, 6) is 2.21. The van der Waals surface area contributed by atoms with Crippen LogP contribution in [0.5, 0.6) is 46.0 Å². The summed E-state index contributed by atoms with van der Waals surface area (Å²) in [6.07, 6.45) is 0. The minimum Gasteiger partial charge on any atom is -0.456 e. The molecule has 7 rings (SSSR count). The van der Waals surface area contributed by atoms with Gasteiger partial charge < -0.3 is 29.6 Å². The summed E-state index contributed by atoms with van der Waals surface area (Å²) >= 11 is 20.5. The molecule has 6 aromatic rings. The molecule has 2 N–H and O–H groups in total. The molecule has 8 nitrogen and oxygen atoms in total. The zero-order valence-electron chi connectivity index (χ0n) is 27.8. The highest BCUT2D eigenvalue weighted by Gasteiger charge is 2.35. The fourth-order valence-corrected chi connectivity index (χ4v) is 6.49. The molecule has 0 unspecified atom stereocenters. The van der Waals surface area contributed by atoms with Gasteiger partial charge in [0, 0.05) is 12.1 Å². The normalized spacial score (nSPS) is 12.7. The average molecular weight is 885 g/mol. The zero-order chi connectivity index (χ0) is 37.6. The largest absolute Gasteiger partial charge is 0.456 e. The lowest BCUT2D eigenvalue weighted by molar-refractivity contribution is -0.115. The molecule has 6 aromatic carbocycles. The number of hydrogen-bond donors (Lipinski definition) is 2. The Balaban J connectivity index is 1.20. The molecule has 54 heavy (non-hydrogen) atoms. The molecule has 0 radical (unpaired) electrons. The molecule has 0 fully saturated rings. The van der Waals surface area contributed by atoms with Gasteiger partial charge in [-0.1, -0.05) is 96.0 Å². The molecule has 268 valence electrons. The van der Waals surface area contributed by atoms with Crippen molar-refractivity contribution in [1.82, 2.24) is 0 Å². The minimum absolute atomic E-state index is 0.243. The first-order valence-corrected chi connectivity index (χ1v) is 18.6. The quantitative estimate of drug-likeness (QED) is 0.117. The molecule has 1 aliphatic rings. The predicted molar refractivity (Wildman–Crippen MR) is 217 cm³/mol. The van der Waals surface area contributed by atoms with Crippen LogP contribution in [0.3, 0.4) is 0 Å². The van der Waals surface area contributed by atoms with Crippen molar-refractivity contribution in [3.05, 3.63) is 176 Å². The molecular weight excluding hydrogens is 859 g/mol. The van der Waals surface area contributed by atoms with Crippen LogP contribution >= 0.6 is 55.1 Å². The topological polar surface area (TPSA) is 95.1 Å². The summed E-state index contributed by atoms with van der Waals surface area (Å²) in [6, 6.07) is 43.2. The van der Waals surface area contributed by atoms with Gasteiger partial charge in [0.2, 0.25) is 11.6 Å². The number of nitrogens with one attached hydrogen (secondary N) is 2. The Labute approximate surface area is 337 Å². The van der Waals surface area contributed by atoms with Gasteiger partial charge in [-0.05, 0) is 92.5 Å². The molecule has 0 heterocycles. The van der Waals surface area contributed by atoms with Crippen molar-refractivity contribution in [1.29, 1.82) is 0 Å². The van der Waals surface area contributed by atoms with Crippen LogP contribution in [0.15, 0.2) is 176 Å². The van der Waals surface area contributed by atoms with Gasteiger partial charge in [0.1, 0.15) is 56.0 Å². The van der Waals surface area contributed by atoms with E-state index in [1.807, 2.05) is 97.1 Å². The van der Waals surface area contributed by atoms with Gasteiger partial charge in [-0.15, -0.1) is 0 Å². The lowest BCUT2D eigenvalue weighted by Gasteiger charge is -2.23. The van der Waals surface area contributed by atoms with Crippen molar-refractivity contribution in [3.8, 4) is 46.0 Å². The molecule has 1 aliphatic carbocycles. The number of para-hydroxylation sites is 4. The monoisotopic (exact) mass is 882 g/mol. The van der Waals surface area contributed by atoms with E-state index < -0.39 is 21.6 Å². The van der Waals surface area contributed by atoms with E-state index in [4.69, 9.17) is 42.1 Å². The lowest BCUT2D eigenvalue weighted by Crippen LogP contribution is -2.27. The number of anilines is 2. The van der Waals surface area contributed by atoms with E-state index >= 15 is 0 Å². The number of allylic oxidation sites excluding steroid dienone is 2. The van der Waals surface area contributed by atoms with Crippen LogP contribution in [0.2, 0.25) is 0 Å². The Kier molecular flexibility index (Phi) is 11.4. The number of halogens is 4. The fraction of sp³-hybridized carbons (Fsp3) is 0. The maximum atomic E-state index is 13.9. The second-order valence-corrected chi connectivity index (χ2v) is 14.0. The summed E-state index contributed by atoms with van der Waals surface area (Å²) < 4.78 is 25.7. The summed E-state index contributed by atoms with van der Waals surface area (Å²) in [7, 11) is 0. The highest BCUT2D eigenvalue weighted by atomic mass is 79.9. The first-order valence-electron chi connectivity index (χ1n) is 16.2. The molecule has 0 aromatic heterocycles. The number of benzene rings is 6. The van der Waals surface area contributed by atoms with Crippen LogP contribution in [0, 0.1) is 0 Å². The van der Waals surface area contributed by atoms with Gasteiger partial charge in [0.25, 0.3) is 0 Å². The van der Waals surface area contributed by atoms with Gasteiger partial charge >= 0.3 is 0 Å². The molecule has 0 bridgehead atoms. The van der Waals surface area contributed by atoms with Crippen LogP contribution in [-0.2, 0) is 9.59 Å². The number of carbonyl (C=O) groups excluding carboxylic acids is 2. The standard InChI is InChI=1S/C42H26Br2Cl2N2O6/c43-29-21-31(35(53-27-17-9-3-10-18-27)23-33(29)51-25-13-5-1-6-14-25)47-39-37(45)42(50)40(38(46)41(39)49)48-32-22-30(44)34(52-26-15-7-2-8-16-26)24-36(32)54-28-19-11-4-12-20-28/h1-24,47-48H. The molecule has 0 spiro atoms. The van der Waals surface area contributed by atoms with Crippen LogP contribution < -0.4 is 29.6 Å². The third-order valence-corrected chi connectivity index (χ3v) is 9.72. The molecule has 0 saturated carbocycles. The van der Waals surface area contributed by atoms with Crippen molar-refractivity contribution in [2.75, 3.05) is 10.6 Å². The first kappa shape index (κ1) is 36.8. The van der Waals surface area contributed by atoms with Crippen LogP contribution in [0.4, 0.5) is 11.4 Å². The molecule has 0 atom stereocenters. The van der Waals surface area contributed by atoms with Crippen molar-refractivity contribution < 1.29 is 28.5 Å². The summed E-state index contributed by atoms with van der Waals surface area (Å²) in [6.45, 7) is 0. The maximum Gasteiger partial charge on any atom is 0.224 e. The van der Waals surface area contributed by atoms with Crippen LogP contribution in [0.1, 0.15) is 0 Å². The zero-order valence-corrected chi connectivity index (χ0v) is 32.5. The maximum absolute atomic E-state index is 13.9. The third-order valence-electron chi connectivity index (χ3n) is 7.76. The molecule has 12 heteroatoms. The number of carbonyl (C=O) groups is 2. The van der Waals surface area contributed by atoms with E-state index in [1.54, 1.807) is 48.5 Å². The summed E-state index contributed by atoms with van der Waals surface area (Å²) in [5.41, 5.74) is 0.121. The van der Waals surface area contributed by atoms with Crippen molar-refractivity contribution >= 4 is 78.0 Å². The van der Waals surface area contributed by atoms with E-state index in [0.29, 0.717) is 54.8 Å². The Bertz CT molecular complexity index is 2240. The van der Waals surface area contributed by atoms with Gasteiger partial charge in [-0.25, -0.2) is 0 Å². The number of hydrogen-bond acceptors (Lipinski definition) is 8. The Hall–Kier alpha value is -5.52. The number of ketones is 2. The van der Waals surface area contributed by atoms with E-state index in [1.165, 1.54) is 0 Å². The van der Waals surface area contributed by atoms with Gasteiger partial charge in [-0.3, -0.25) is 9.59 Å². The van der Waals surface area contributed by atoms with Crippen molar-refractivity contribution in [2.24, 2.45) is 0 Å². The average Bonchev–Trinajstić information content (AvgIpc) is 3.19. The highest BCUT2D eigenvalue weighted by molar-refractivity contribution is 9.11. The number of rotatable bonds is 12. The molecule has 0 saturated heterocycles. The van der Waals surface area contributed by atoms with E-state index in [2.05, 4.69) is 42.5 Å². The summed E-state index contributed by atoms with van der Waals surface area (Å²) in [4.78, 5) is 27.8. The van der Waals surface area contributed by atoms with Gasteiger partial charge in [0.15, 0.2) is 11.5 Å².